The fourth-order valence-corrected chi connectivity index (χ4v) is 3.81. The maximum absolute atomic E-state index is 13.7. The van der Waals surface area contributed by atoms with E-state index in [4.69, 9.17) is 4.74 Å². The van der Waals surface area contributed by atoms with Gasteiger partial charge in [-0.2, -0.15) is 0 Å². The molecular weight excluding hydrogens is 378 g/mol. The quantitative estimate of drug-likeness (QED) is 0.786. The van der Waals surface area contributed by atoms with Crippen molar-refractivity contribution in [2.24, 2.45) is 0 Å². The van der Waals surface area contributed by atoms with Crippen molar-refractivity contribution in [1.29, 1.82) is 0 Å². The van der Waals surface area contributed by atoms with Crippen molar-refractivity contribution in [3.8, 4) is 0 Å². The first-order chi connectivity index (χ1) is 12.9. The number of anilines is 1. The van der Waals surface area contributed by atoms with Crippen LogP contribution in [0.2, 0.25) is 0 Å². The second kappa shape index (κ2) is 8.12. The number of carbonyl (C=O) groups excluding carboxylic acids is 1. The summed E-state index contributed by atoms with van der Waals surface area (Å²) in [6.45, 7) is 0.744. The molecule has 1 unspecified atom stereocenters. The fourth-order valence-electron chi connectivity index (χ4n) is 2.70. The smallest absolute Gasteiger partial charge is 0.255 e. The lowest BCUT2D eigenvalue weighted by atomic mass is 10.2. The molecule has 2 aromatic rings. The van der Waals surface area contributed by atoms with Gasteiger partial charge >= 0.3 is 0 Å². The van der Waals surface area contributed by atoms with E-state index in [-0.39, 0.29) is 23.1 Å². The summed E-state index contributed by atoms with van der Waals surface area (Å²) in [5.74, 6) is -2.68. The Bertz CT molecular complexity index is 924. The summed E-state index contributed by atoms with van der Waals surface area (Å²) < 4.78 is 60.0. The molecule has 2 aromatic carbocycles. The predicted octanol–water partition coefficient (Wildman–Crippen LogP) is 2.67. The number of para-hydroxylation sites is 1. The zero-order valence-corrected chi connectivity index (χ0v) is 15.1. The lowest BCUT2D eigenvalue weighted by Crippen LogP contribution is -2.32. The van der Waals surface area contributed by atoms with E-state index >= 15 is 0 Å². The fraction of sp³-hybridized carbons (Fsp3) is 0.278. The SMILES string of the molecule is O=C(Nc1c(F)cccc1F)c1cccc(S(=O)(=O)NCC2CCCO2)c1. The van der Waals surface area contributed by atoms with Gasteiger partial charge in [0.25, 0.3) is 5.91 Å². The third-order valence-electron chi connectivity index (χ3n) is 4.13. The van der Waals surface area contributed by atoms with Gasteiger partial charge in [-0.15, -0.1) is 0 Å². The molecule has 0 bridgehead atoms. The second-order valence-electron chi connectivity index (χ2n) is 6.07. The molecule has 0 saturated carbocycles. The largest absolute Gasteiger partial charge is 0.377 e. The molecule has 1 aliphatic rings. The average Bonchev–Trinajstić information content (AvgIpc) is 3.17. The minimum Gasteiger partial charge on any atom is -0.377 e. The molecule has 3 rings (SSSR count). The summed E-state index contributed by atoms with van der Waals surface area (Å²) >= 11 is 0. The Kier molecular flexibility index (Phi) is 5.83. The Morgan fingerprint density at radius 1 is 1.15 bits per heavy atom. The molecule has 1 heterocycles. The first-order valence-corrected chi connectivity index (χ1v) is 9.82. The zero-order valence-electron chi connectivity index (χ0n) is 14.2. The maximum atomic E-state index is 13.7. The molecule has 0 aliphatic carbocycles. The molecule has 2 N–H and O–H groups in total. The van der Waals surface area contributed by atoms with Crippen LogP contribution in [0.5, 0.6) is 0 Å². The Morgan fingerprint density at radius 3 is 2.52 bits per heavy atom. The standard InChI is InChI=1S/C18H18F2N2O4S/c19-15-7-2-8-16(20)17(15)22-18(23)12-4-1-6-14(10-12)27(24,25)21-11-13-5-3-9-26-13/h1-2,4,6-8,10,13,21H,3,5,9,11H2,(H,22,23). The van der Waals surface area contributed by atoms with Crippen LogP contribution in [0.1, 0.15) is 23.2 Å². The van der Waals surface area contributed by atoms with E-state index < -0.39 is 33.3 Å². The maximum Gasteiger partial charge on any atom is 0.255 e. The Hall–Kier alpha value is -2.36. The van der Waals surface area contributed by atoms with Gasteiger partial charge in [-0.25, -0.2) is 21.9 Å². The Balaban J connectivity index is 1.75. The van der Waals surface area contributed by atoms with Gasteiger partial charge in [-0.05, 0) is 43.2 Å². The highest BCUT2D eigenvalue weighted by Crippen LogP contribution is 2.20. The number of nitrogens with one attached hydrogen (secondary N) is 2. The number of halogens is 2. The van der Waals surface area contributed by atoms with Crippen molar-refractivity contribution in [3.05, 3.63) is 59.7 Å². The van der Waals surface area contributed by atoms with Crippen LogP contribution < -0.4 is 10.0 Å². The number of rotatable bonds is 6. The van der Waals surface area contributed by atoms with Crippen LogP contribution in [0.25, 0.3) is 0 Å². The molecule has 144 valence electrons. The second-order valence-corrected chi connectivity index (χ2v) is 7.83. The zero-order chi connectivity index (χ0) is 19.4. The third-order valence-corrected chi connectivity index (χ3v) is 5.55. The van der Waals surface area contributed by atoms with E-state index in [0.29, 0.717) is 6.61 Å². The van der Waals surface area contributed by atoms with Crippen LogP contribution in [-0.4, -0.2) is 33.6 Å². The number of hydrogen-bond acceptors (Lipinski definition) is 4. The summed E-state index contributed by atoms with van der Waals surface area (Å²) in [7, 11) is -3.85. The van der Waals surface area contributed by atoms with E-state index in [1.165, 1.54) is 24.3 Å². The van der Waals surface area contributed by atoms with E-state index in [9.17, 15) is 22.0 Å². The van der Waals surface area contributed by atoms with E-state index in [0.717, 1.165) is 31.0 Å². The van der Waals surface area contributed by atoms with Crippen LogP contribution in [0, 0.1) is 11.6 Å². The summed E-state index contributed by atoms with van der Waals surface area (Å²) in [6, 6.07) is 8.40. The molecule has 0 radical (unpaired) electrons. The van der Waals surface area contributed by atoms with Crippen molar-refractivity contribution in [1.82, 2.24) is 4.72 Å². The molecular formula is C18H18F2N2O4S. The summed E-state index contributed by atoms with van der Waals surface area (Å²) in [4.78, 5) is 12.2. The van der Waals surface area contributed by atoms with Crippen LogP contribution in [0.4, 0.5) is 14.5 Å². The van der Waals surface area contributed by atoms with Crippen molar-refractivity contribution >= 4 is 21.6 Å². The first-order valence-electron chi connectivity index (χ1n) is 8.33. The lowest BCUT2D eigenvalue weighted by Gasteiger charge is -2.12. The molecule has 1 aliphatic heterocycles. The molecule has 1 fully saturated rings. The van der Waals surface area contributed by atoms with Crippen LogP contribution in [0.3, 0.4) is 0 Å². The molecule has 0 spiro atoms. The monoisotopic (exact) mass is 396 g/mol. The number of hydrogen-bond donors (Lipinski definition) is 2. The molecule has 9 heteroatoms. The number of ether oxygens (including phenoxy) is 1. The summed E-state index contributed by atoms with van der Waals surface area (Å²) in [5.41, 5.74) is -0.634. The molecule has 6 nitrogen and oxygen atoms in total. The molecule has 27 heavy (non-hydrogen) atoms. The first kappa shape index (κ1) is 19.4. The van der Waals surface area contributed by atoms with E-state index in [1.807, 2.05) is 0 Å². The number of sulfonamides is 1. The highest BCUT2D eigenvalue weighted by molar-refractivity contribution is 7.89. The normalized spacial score (nSPS) is 17.0. The highest BCUT2D eigenvalue weighted by atomic mass is 32.2. The van der Waals surface area contributed by atoms with Gasteiger partial charge in [-0.1, -0.05) is 12.1 Å². The van der Waals surface area contributed by atoms with Crippen molar-refractivity contribution in [3.63, 3.8) is 0 Å². The van der Waals surface area contributed by atoms with Gasteiger partial charge in [-0.3, -0.25) is 4.79 Å². The van der Waals surface area contributed by atoms with Gasteiger partial charge in [0.2, 0.25) is 10.0 Å². The number of amides is 1. The minimum atomic E-state index is -3.85. The van der Waals surface area contributed by atoms with E-state index in [1.54, 1.807) is 0 Å². The van der Waals surface area contributed by atoms with E-state index in [2.05, 4.69) is 10.0 Å². The highest BCUT2D eigenvalue weighted by Gasteiger charge is 2.21. The van der Waals surface area contributed by atoms with Crippen molar-refractivity contribution in [2.45, 2.75) is 23.8 Å². The summed E-state index contributed by atoms with van der Waals surface area (Å²) in [5, 5.41) is 2.13. The van der Waals surface area contributed by atoms with Gasteiger partial charge < -0.3 is 10.1 Å². The van der Waals surface area contributed by atoms with Crippen molar-refractivity contribution in [2.75, 3.05) is 18.5 Å². The van der Waals surface area contributed by atoms with Gasteiger partial charge in [0.15, 0.2) is 0 Å². The van der Waals surface area contributed by atoms with Crippen LogP contribution in [-0.2, 0) is 14.8 Å². The average molecular weight is 396 g/mol. The minimum absolute atomic E-state index is 0.0438. The molecule has 1 atom stereocenters. The lowest BCUT2D eigenvalue weighted by molar-refractivity contribution is 0.102. The number of carbonyl (C=O) groups is 1. The van der Waals surface area contributed by atoms with Crippen LogP contribution >= 0.6 is 0 Å². The summed E-state index contributed by atoms with van der Waals surface area (Å²) in [6.07, 6.45) is 1.49. The topological polar surface area (TPSA) is 84.5 Å². The molecule has 0 aromatic heterocycles. The van der Waals surface area contributed by atoms with Crippen molar-refractivity contribution < 1.29 is 26.7 Å². The van der Waals surface area contributed by atoms with Gasteiger partial charge in [0, 0.05) is 18.7 Å². The molecule has 1 amide bonds. The van der Waals surface area contributed by atoms with Gasteiger partial charge in [0.05, 0.1) is 11.0 Å². The number of benzene rings is 2. The Labute approximate surface area is 155 Å². The molecule has 1 saturated heterocycles. The van der Waals surface area contributed by atoms with Crippen LogP contribution in [0.15, 0.2) is 47.4 Å². The predicted molar refractivity (Wildman–Crippen MR) is 94.9 cm³/mol. The third kappa shape index (κ3) is 4.68. The Morgan fingerprint density at radius 2 is 1.85 bits per heavy atom. The van der Waals surface area contributed by atoms with Gasteiger partial charge in [0.1, 0.15) is 17.3 Å².